The predicted molar refractivity (Wildman–Crippen MR) is 43.2 cm³/mol. The van der Waals surface area contributed by atoms with Crippen molar-refractivity contribution in [3.63, 3.8) is 0 Å². The Kier molecular flexibility index (Phi) is 3.30. The number of aromatic nitrogens is 1. The average Bonchev–Trinajstić information content (AvgIpc) is 2.45. The SMILES string of the molecule is Cc1cc(CNCCC#N)on1. The van der Waals surface area contributed by atoms with Crippen molar-refractivity contribution < 1.29 is 4.52 Å². The van der Waals surface area contributed by atoms with E-state index in [1.807, 2.05) is 13.0 Å². The first-order valence-corrected chi connectivity index (χ1v) is 3.83. The van der Waals surface area contributed by atoms with Gasteiger partial charge in [0.1, 0.15) is 0 Å². The zero-order valence-corrected chi connectivity index (χ0v) is 7.00. The Morgan fingerprint density at radius 1 is 1.75 bits per heavy atom. The van der Waals surface area contributed by atoms with Crippen molar-refractivity contribution in [2.24, 2.45) is 0 Å². The fourth-order valence-corrected chi connectivity index (χ4v) is 0.855. The van der Waals surface area contributed by atoms with Crippen LogP contribution in [0, 0.1) is 18.3 Å². The molecule has 0 aliphatic rings. The van der Waals surface area contributed by atoms with E-state index in [1.165, 1.54) is 0 Å². The molecule has 0 amide bonds. The van der Waals surface area contributed by atoms with Gasteiger partial charge >= 0.3 is 0 Å². The molecule has 0 radical (unpaired) electrons. The molecule has 0 aromatic carbocycles. The summed E-state index contributed by atoms with van der Waals surface area (Å²) in [5.74, 6) is 0.811. The van der Waals surface area contributed by atoms with Crippen molar-refractivity contribution in [3.8, 4) is 6.07 Å². The fourth-order valence-electron chi connectivity index (χ4n) is 0.855. The number of nitriles is 1. The molecule has 0 aliphatic heterocycles. The minimum atomic E-state index is 0.521. The van der Waals surface area contributed by atoms with Gasteiger partial charge in [-0.25, -0.2) is 0 Å². The lowest BCUT2D eigenvalue weighted by Crippen LogP contribution is -2.13. The van der Waals surface area contributed by atoms with Crippen LogP contribution in [0.5, 0.6) is 0 Å². The van der Waals surface area contributed by atoms with Crippen LogP contribution in [0.2, 0.25) is 0 Å². The van der Waals surface area contributed by atoms with Crippen LogP contribution in [-0.2, 0) is 6.54 Å². The maximum Gasteiger partial charge on any atom is 0.150 e. The van der Waals surface area contributed by atoms with E-state index in [-0.39, 0.29) is 0 Å². The number of hydrogen-bond donors (Lipinski definition) is 1. The van der Waals surface area contributed by atoms with Crippen molar-refractivity contribution in [2.75, 3.05) is 6.54 Å². The first-order chi connectivity index (χ1) is 5.83. The zero-order chi connectivity index (χ0) is 8.81. The fraction of sp³-hybridized carbons (Fsp3) is 0.500. The van der Waals surface area contributed by atoms with Crippen LogP contribution in [0.1, 0.15) is 17.9 Å². The minimum absolute atomic E-state index is 0.521. The van der Waals surface area contributed by atoms with Gasteiger partial charge in [-0.1, -0.05) is 5.16 Å². The number of nitrogens with zero attached hydrogens (tertiary/aromatic N) is 2. The molecule has 12 heavy (non-hydrogen) atoms. The number of hydrogen-bond acceptors (Lipinski definition) is 4. The third-order valence-electron chi connectivity index (χ3n) is 1.39. The summed E-state index contributed by atoms with van der Waals surface area (Å²) in [4.78, 5) is 0. The van der Waals surface area contributed by atoms with Gasteiger partial charge in [-0.2, -0.15) is 5.26 Å². The predicted octanol–water partition coefficient (Wildman–Crippen LogP) is 0.986. The van der Waals surface area contributed by atoms with E-state index >= 15 is 0 Å². The van der Waals surface area contributed by atoms with Crippen LogP contribution in [-0.4, -0.2) is 11.7 Å². The number of aryl methyl sites for hydroxylation is 1. The normalized spacial score (nSPS) is 9.67. The summed E-state index contributed by atoms with van der Waals surface area (Å²) in [5.41, 5.74) is 0.882. The van der Waals surface area contributed by atoms with Gasteiger partial charge in [0.2, 0.25) is 0 Å². The molecule has 0 saturated heterocycles. The summed E-state index contributed by atoms with van der Waals surface area (Å²) in [7, 11) is 0. The Labute approximate surface area is 71.2 Å². The topological polar surface area (TPSA) is 61.9 Å². The van der Waals surface area contributed by atoms with E-state index < -0.39 is 0 Å². The summed E-state index contributed by atoms with van der Waals surface area (Å²) in [6.07, 6.45) is 0.521. The third kappa shape index (κ3) is 2.72. The third-order valence-corrected chi connectivity index (χ3v) is 1.39. The first-order valence-electron chi connectivity index (χ1n) is 3.83. The maximum absolute atomic E-state index is 8.24. The lowest BCUT2D eigenvalue weighted by Gasteiger charge is -1.95. The smallest absolute Gasteiger partial charge is 0.150 e. The van der Waals surface area contributed by atoms with Gasteiger partial charge in [0.05, 0.1) is 18.3 Å². The van der Waals surface area contributed by atoms with Gasteiger partial charge in [0, 0.05) is 19.0 Å². The lowest BCUT2D eigenvalue weighted by molar-refractivity contribution is 0.370. The van der Waals surface area contributed by atoms with Crippen molar-refractivity contribution >= 4 is 0 Å². The molecule has 0 bridgehead atoms. The summed E-state index contributed by atoms with van der Waals surface area (Å²) in [6.45, 7) is 3.21. The van der Waals surface area contributed by atoms with Crippen LogP contribution in [0.3, 0.4) is 0 Å². The second kappa shape index (κ2) is 4.52. The average molecular weight is 165 g/mol. The molecule has 1 rings (SSSR count). The Hall–Kier alpha value is -1.34. The van der Waals surface area contributed by atoms with Crippen LogP contribution in [0.25, 0.3) is 0 Å². The van der Waals surface area contributed by atoms with Crippen LogP contribution in [0.15, 0.2) is 10.6 Å². The molecule has 1 N–H and O–H groups in total. The molecule has 4 nitrogen and oxygen atoms in total. The highest BCUT2D eigenvalue weighted by molar-refractivity contribution is 5.02. The van der Waals surface area contributed by atoms with Crippen molar-refractivity contribution in [1.82, 2.24) is 10.5 Å². The van der Waals surface area contributed by atoms with E-state index in [9.17, 15) is 0 Å². The quantitative estimate of drug-likeness (QED) is 0.676. The Balaban J connectivity index is 2.21. The maximum atomic E-state index is 8.24. The lowest BCUT2D eigenvalue weighted by atomic mass is 10.4. The highest BCUT2D eigenvalue weighted by atomic mass is 16.5. The largest absolute Gasteiger partial charge is 0.360 e. The Morgan fingerprint density at radius 3 is 3.17 bits per heavy atom. The Morgan fingerprint density at radius 2 is 2.58 bits per heavy atom. The molecule has 0 unspecified atom stereocenters. The van der Waals surface area contributed by atoms with E-state index in [0.29, 0.717) is 19.5 Å². The van der Waals surface area contributed by atoms with E-state index in [2.05, 4.69) is 16.5 Å². The molecule has 0 fully saturated rings. The molecule has 0 aliphatic carbocycles. The standard InChI is InChI=1S/C8H11N3O/c1-7-5-8(12-11-7)6-10-4-2-3-9/h5,10H,2,4,6H2,1H3. The van der Waals surface area contributed by atoms with Crippen LogP contribution in [0.4, 0.5) is 0 Å². The van der Waals surface area contributed by atoms with E-state index in [4.69, 9.17) is 9.78 Å². The van der Waals surface area contributed by atoms with Crippen LogP contribution < -0.4 is 5.32 Å². The monoisotopic (exact) mass is 165 g/mol. The molecule has 4 heteroatoms. The molecule has 1 aromatic heterocycles. The molecule has 64 valence electrons. The number of nitrogens with one attached hydrogen (secondary N) is 1. The molecule has 0 saturated carbocycles. The molecular formula is C8H11N3O. The van der Waals surface area contributed by atoms with Crippen LogP contribution >= 0.6 is 0 Å². The van der Waals surface area contributed by atoms with E-state index in [1.54, 1.807) is 0 Å². The second-order valence-electron chi connectivity index (χ2n) is 2.52. The zero-order valence-electron chi connectivity index (χ0n) is 7.00. The van der Waals surface area contributed by atoms with Gasteiger partial charge in [-0.05, 0) is 6.92 Å². The molecule has 0 atom stereocenters. The molecule has 0 spiro atoms. The highest BCUT2D eigenvalue weighted by Crippen LogP contribution is 2.00. The second-order valence-corrected chi connectivity index (χ2v) is 2.52. The van der Waals surface area contributed by atoms with Gasteiger partial charge in [0.15, 0.2) is 5.76 Å². The van der Waals surface area contributed by atoms with Crippen molar-refractivity contribution in [3.05, 3.63) is 17.5 Å². The van der Waals surface area contributed by atoms with Gasteiger partial charge < -0.3 is 9.84 Å². The van der Waals surface area contributed by atoms with Gasteiger partial charge in [0.25, 0.3) is 0 Å². The molecule has 1 aromatic rings. The summed E-state index contributed by atoms with van der Waals surface area (Å²) in [5, 5.41) is 15.0. The Bertz CT molecular complexity index is 274. The summed E-state index contributed by atoms with van der Waals surface area (Å²) in [6, 6.07) is 3.92. The number of rotatable bonds is 4. The summed E-state index contributed by atoms with van der Waals surface area (Å²) >= 11 is 0. The first kappa shape index (κ1) is 8.75. The molecular weight excluding hydrogens is 154 g/mol. The van der Waals surface area contributed by atoms with Gasteiger partial charge in [-0.3, -0.25) is 0 Å². The van der Waals surface area contributed by atoms with E-state index in [0.717, 1.165) is 11.5 Å². The minimum Gasteiger partial charge on any atom is -0.360 e. The highest BCUT2D eigenvalue weighted by Gasteiger charge is 1.98. The molecule has 1 heterocycles. The van der Waals surface area contributed by atoms with Crippen molar-refractivity contribution in [1.29, 1.82) is 5.26 Å². The summed E-state index contributed by atoms with van der Waals surface area (Å²) < 4.78 is 4.95. The van der Waals surface area contributed by atoms with Gasteiger partial charge in [-0.15, -0.1) is 0 Å². The van der Waals surface area contributed by atoms with Crippen molar-refractivity contribution in [2.45, 2.75) is 19.9 Å².